The molecule has 0 amide bonds. The summed E-state index contributed by atoms with van der Waals surface area (Å²) in [7, 11) is 2.11. The van der Waals surface area contributed by atoms with Crippen molar-refractivity contribution in [1.29, 1.82) is 0 Å². The summed E-state index contributed by atoms with van der Waals surface area (Å²) in [5, 5.41) is 0. The van der Waals surface area contributed by atoms with Crippen LogP contribution >= 0.6 is 0 Å². The topological polar surface area (TPSA) is 38.5 Å². The number of anilines is 2. The van der Waals surface area contributed by atoms with Crippen LogP contribution in [0.5, 0.6) is 5.75 Å². The SMILES string of the molecule is CCc1ccc(N(C)CCCOc2ccccc2N)cc1. The summed E-state index contributed by atoms with van der Waals surface area (Å²) in [6, 6.07) is 16.3. The lowest BCUT2D eigenvalue weighted by molar-refractivity contribution is 0.314. The molecule has 0 bridgehead atoms. The summed E-state index contributed by atoms with van der Waals surface area (Å²) in [4.78, 5) is 2.25. The van der Waals surface area contributed by atoms with Crippen LogP contribution in [0.1, 0.15) is 18.9 Å². The number of benzene rings is 2. The molecule has 0 aliphatic carbocycles. The van der Waals surface area contributed by atoms with Crippen LogP contribution in [0.3, 0.4) is 0 Å². The van der Waals surface area contributed by atoms with Crippen LogP contribution < -0.4 is 15.4 Å². The molecule has 3 heteroatoms. The molecular formula is C18H24N2O. The molecule has 0 radical (unpaired) electrons. The van der Waals surface area contributed by atoms with Gasteiger partial charge in [0.15, 0.2) is 0 Å². The van der Waals surface area contributed by atoms with Crippen molar-refractivity contribution >= 4 is 11.4 Å². The molecule has 0 unspecified atom stereocenters. The summed E-state index contributed by atoms with van der Waals surface area (Å²) in [5.41, 5.74) is 9.15. The van der Waals surface area contributed by atoms with Crippen LogP contribution in [0, 0.1) is 0 Å². The second-order valence-electron chi connectivity index (χ2n) is 5.18. The lowest BCUT2D eigenvalue weighted by atomic mass is 10.1. The number of hydrogen-bond donors (Lipinski definition) is 1. The van der Waals surface area contributed by atoms with Gasteiger partial charge in [-0.1, -0.05) is 31.2 Å². The van der Waals surface area contributed by atoms with E-state index in [9.17, 15) is 0 Å². The van der Waals surface area contributed by atoms with Crippen molar-refractivity contribution in [2.24, 2.45) is 0 Å². The number of nitrogens with two attached hydrogens (primary N) is 1. The van der Waals surface area contributed by atoms with Crippen molar-refractivity contribution in [2.75, 3.05) is 30.8 Å². The van der Waals surface area contributed by atoms with Gasteiger partial charge in [0.1, 0.15) is 5.75 Å². The van der Waals surface area contributed by atoms with Crippen molar-refractivity contribution in [3.63, 3.8) is 0 Å². The molecule has 2 aromatic rings. The average molecular weight is 284 g/mol. The van der Waals surface area contributed by atoms with Gasteiger partial charge < -0.3 is 15.4 Å². The zero-order valence-electron chi connectivity index (χ0n) is 12.9. The zero-order chi connectivity index (χ0) is 15.1. The molecule has 3 nitrogen and oxygen atoms in total. The lowest BCUT2D eigenvalue weighted by Crippen LogP contribution is -2.20. The van der Waals surface area contributed by atoms with E-state index in [2.05, 4.69) is 43.1 Å². The Morgan fingerprint density at radius 1 is 1.05 bits per heavy atom. The smallest absolute Gasteiger partial charge is 0.142 e. The predicted molar refractivity (Wildman–Crippen MR) is 90.1 cm³/mol. The second-order valence-corrected chi connectivity index (χ2v) is 5.18. The van der Waals surface area contributed by atoms with Crippen LogP contribution in [0.15, 0.2) is 48.5 Å². The van der Waals surface area contributed by atoms with E-state index in [4.69, 9.17) is 10.5 Å². The third-order valence-electron chi connectivity index (χ3n) is 3.60. The minimum Gasteiger partial charge on any atom is -0.491 e. The van der Waals surface area contributed by atoms with Crippen molar-refractivity contribution in [2.45, 2.75) is 19.8 Å². The fraction of sp³-hybridized carbons (Fsp3) is 0.333. The van der Waals surface area contributed by atoms with Gasteiger partial charge in [0.25, 0.3) is 0 Å². The third kappa shape index (κ3) is 4.42. The predicted octanol–water partition coefficient (Wildman–Crippen LogP) is 3.74. The number of ether oxygens (including phenoxy) is 1. The van der Waals surface area contributed by atoms with Crippen LogP contribution in [0.4, 0.5) is 11.4 Å². The second kappa shape index (κ2) is 7.58. The highest BCUT2D eigenvalue weighted by Gasteiger charge is 2.02. The Kier molecular flexibility index (Phi) is 5.50. The van der Waals surface area contributed by atoms with Crippen LogP contribution in [-0.2, 0) is 6.42 Å². The molecule has 21 heavy (non-hydrogen) atoms. The Morgan fingerprint density at radius 2 is 1.76 bits per heavy atom. The first-order valence-electron chi connectivity index (χ1n) is 7.48. The summed E-state index contributed by atoms with van der Waals surface area (Å²) in [6.45, 7) is 3.80. The minimum absolute atomic E-state index is 0.672. The van der Waals surface area contributed by atoms with Crippen LogP contribution in [0.2, 0.25) is 0 Å². The van der Waals surface area contributed by atoms with Crippen molar-refractivity contribution in [3.8, 4) is 5.75 Å². The van der Waals surface area contributed by atoms with Gasteiger partial charge in [-0.3, -0.25) is 0 Å². The van der Waals surface area contributed by atoms with E-state index < -0.39 is 0 Å². The normalized spacial score (nSPS) is 10.4. The highest BCUT2D eigenvalue weighted by Crippen LogP contribution is 2.20. The highest BCUT2D eigenvalue weighted by atomic mass is 16.5. The van der Waals surface area contributed by atoms with Gasteiger partial charge in [-0.25, -0.2) is 0 Å². The van der Waals surface area contributed by atoms with Crippen LogP contribution in [-0.4, -0.2) is 20.2 Å². The van der Waals surface area contributed by atoms with Crippen LogP contribution in [0.25, 0.3) is 0 Å². The van der Waals surface area contributed by atoms with Gasteiger partial charge in [0.2, 0.25) is 0 Å². The molecule has 0 aromatic heterocycles. The van der Waals surface area contributed by atoms with E-state index >= 15 is 0 Å². The summed E-state index contributed by atoms with van der Waals surface area (Å²) < 4.78 is 5.71. The maximum Gasteiger partial charge on any atom is 0.142 e. The summed E-state index contributed by atoms with van der Waals surface area (Å²) in [6.07, 6.45) is 2.04. The Morgan fingerprint density at radius 3 is 2.43 bits per heavy atom. The minimum atomic E-state index is 0.672. The maximum absolute atomic E-state index is 5.85. The molecule has 2 N–H and O–H groups in total. The number of nitrogen functional groups attached to an aromatic ring is 1. The van der Waals surface area contributed by atoms with Gasteiger partial charge >= 0.3 is 0 Å². The molecule has 0 saturated carbocycles. The van der Waals surface area contributed by atoms with E-state index in [1.165, 1.54) is 11.3 Å². The van der Waals surface area contributed by atoms with Crippen molar-refractivity contribution < 1.29 is 4.74 Å². The number of rotatable bonds is 7. The van der Waals surface area contributed by atoms with E-state index in [0.29, 0.717) is 12.3 Å². The number of nitrogens with zero attached hydrogens (tertiary/aromatic N) is 1. The van der Waals surface area contributed by atoms with E-state index in [1.54, 1.807) is 0 Å². The molecular weight excluding hydrogens is 260 g/mol. The van der Waals surface area contributed by atoms with E-state index in [1.807, 2.05) is 24.3 Å². The van der Waals surface area contributed by atoms with Gasteiger partial charge in [-0.2, -0.15) is 0 Å². The van der Waals surface area contributed by atoms with E-state index in [0.717, 1.165) is 25.1 Å². The van der Waals surface area contributed by atoms with Crippen molar-refractivity contribution in [1.82, 2.24) is 0 Å². The molecule has 0 aliphatic heterocycles. The quantitative estimate of drug-likeness (QED) is 0.622. The summed E-state index contributed by atoms with van der Waals surface area (Å²) in [5.74, 6) is 0.771. The van der Waals surface area contributed by atoms with E-state index in [-0.39, 0.29) is 0 Å². The fourth-order valence-electron chi connectivity index (χ4n) is 2.21. The monoisotopic (exact) mass is 284 g/mol. The largest absolute Gasteiger partial charge is 0.491 e. The molecule has 0 saturated heterocycles. The molecule has 0 aliphatic rings. The first kappa shape index (κ1) is 15.2. The highest BCUT2D eigenvalue weighted by molar-refractivity contribution is 5.51. The molecule has 0 atom stereocenters. The van der Waals surface area contributed by atoms with Gasteiger partial charge in [0, 0.05) is 19.3 Å². The third-order valence-corrected chi connectivity index (χ3v) is 3.60. The fourth-order valence-corrected chi connectivity index (χ4v) is 2.21. The molecule has 0 fully saturated rings. The Balaban J connectivity index is 1.76. The zero-order valence-corrected chi connectivity index (χ0v) is 12.9. The lowest BCUT2D eigenvalue weighted by Gasteiger charge is -2.19. The van der Waals surface area contributed by atoms with Gasteiger partial charge in [-0.15, -0.1) is 0 Å². The van der Waals surface area contributed by atoms with Crippen molar-refractivity contribution in [3.05, 3.63) is 54.1 Å². The number of aryl methyl sites for hydroxylation is 1. The maximum atomic E-state index is 5.85. The standard InChI is InChI=1S/C18H24N2O/c1-3-15-9-11-16(12-10-15)20(2)13-6-14-21-18-8-5-4-7-17(18)19/h4-5,7-12H,3,6,13-14,19H2,1-2H3. The first-order valence-corrected chi connectivity index (χ1v) is 7.48. The molecule has 2 rings (SSSR count). The average Bonchev–Trinajstić information content (AvgIpc) is 2.53. The molecule has 0 spiro atoms. The Hall–Kier alpha value is -2.16. The van der Waals surface area contributed by atoms with Gasteiger partial charge in [0.05, 0.1) is 12.3 Å². The Labute approximate surface area is 127 Å². The number of para-hydroxylation sites is 2. The summed E-state index contributed by atoms with van der Waals surface area (Å²) >= 11 is 0. The number of hydrogen-bond acceptors (Lipinski definition) is 3. The molecule has 2 aromatic carbocycles. The molecule has 0 heterocycles. The first-order chi connectivity index (χ1) is 10.2. The van der Waals surface area contributed by atoms with Gasteiger partial charge in [-0.05, 0) is 42.7 Å². The Bertz CT molecular complexity index is 551. The molecule has 112 valence electrons.